The minimum atomic E-state index is 0. The van der Waals surface area contributed by atoms with Gasteiger partial charge in [-0.2, -0.15) is 0 Å². The van der Waals surface area contributed by atoms with Crippen LogP contribution in [0.5, 0.6) is 11.5 Å². The number of rotatable bonds is 6. The van der Waals surface area contributed by atoms with Gasteiger partial charge in [-0.05, 0) is 36.9 Å². The zero-order valence-electron chi connectivity index (χ0n) is 14.1. The van der Waals surface area contributed by atoms with Gasteiger partial charge < -0.3 is 20.1 Å². The van der Waals surface area contributed by atoms with Crippen molar-refractivity contribution in [2.24, 2.45) is 5.73 Å². The molecule has 2 heterocycles. The predicted octanol–water partition coefficient (Wildman–Crippen LogP) is 3.60. The lowest BCUT2D eigenvalue weighted by atomic mass is 10.1. The highest BCUT2D eigenvalue weighted by molar-refractivity contribution is 7.09. The maximum Gasteiger partial charge on any atom is 0.227 e. The topological polar surface area (TPSA) is 64.8 Å². The first kappa shape index (κ1) is 19.6. The average molecular weight is 383 g/mol. The number of anilines is 1. The summed E-state index contributed by atoms with van der Waals surface area (Å²) in [7, 11) is 0. The van der Waals surface area contributed by atoms with Gasteiger partial charge in [-0.1, -0.05) is 6.07 Å². The van der Waals surface area contributed by atoms with Crippen LogP contribution in [0.3, 0.4) is 0 Å². The molecule has 0 saturated heterocycles. The summed E-state index contributed by atoms with van der Waals surface area (Å²) in [6.45, 7) is 3.55. The molecule has 5 nitrogen and oxygen atoms in total. The Morgan fingerprint density at radius 1 is 1.28 bits per heavy atom. The van der Waals surface area contributed by atoms with Crippen molar-refractivity contribution < 1.29 is 14.3 Å². The lowest BCUT2D eigenvalue weighted by molar-refractivity contribution is -0.118. The number of nitrogens with two attached hydrogens (primary N) is 1. The molecule has 2 N–H and O–H groups in total. The molecule has 0 saturated carbocycles. The minimum absolute atomic E-state index is 0. The molecule has 0 spiro atoms. The Balaban J connectivity index is 0.00000225. The molecule has 1 aliphatic heterocycles. The van der Waals surface area contributed by atoms with E-state index in [1.807, 2.05) is 42.6 Å². The second kappa shape index (κ2) is 9.08. The third-order valence-electron chi connectivity index (χ3n) is 3.85. The van der Waals surface area contributed by atoms with E-state index in [1.165, 1.54) is 0 Å². The van der Waals surface area contributed by atoms with Crippen molar-refractivity contribution in [2.45, 2.75) is 32.4 Å². The van der Waals surface area contributed by atoms with E-state index in [-0.39, 0.29) is 24.4 Å². The fourth-order valence-electron chi connectivity index (χ4n) is 2.57. The van der Waals surface area contributed by atoms with Gasteiger partial charge in [-0.25, -0.2) is 0 Å². The fourth-order valence-corrected chi connectivity index (χ4v) is 3.26. The Morgan fingerprint density at radius 2 is 2.04 bits per heavy atom. The van der Waals surface area contributed by atoms with Crippen molar-refractivity contribution in [3.63, 3.8) is 0 Å². The maximum atomic E-state index is 12.7. The molecular weight excluding hydrogens is 360 g/mol. The van der Waals surface area contributed by atoms with Crippen molar-refractivity contribution in [1.82, 2.24) is 0 Å². The molecule has 1 aliphatic rings. The molecule has 1 aromatic carbocycles. The third-order valence-corrected chi connectivity index (χ3v) is 4.71. The number of nitrogens with zero attached hydrogens (tertiary/aromatic N) is 1. The molecule has 25 heavy (non-hydrogen) atoms. The highest BCUT2D eigenvalue weighted by Gasteiger charge is 2.20. The van der Waals surface area contributed by atoms with E-state index < -0.39 is 0 Å². The van der Waals surface area contributed by atoms with E-state index in [0.717, 1.165) is 16.3 Å². The Bertz CT molecular complexity index is 692. The van der Waals surface area contributed by atoms with Crippen LogP contribution >= 0.6 is 23.7 Å². The lowest BCUT2D eigenvalue weighted by Gasteiger charge is -2.25. The highest BCUT2D eigenvalue weighted by atomic mass is 35.5. The Labute approximate surface area is 158 Å². The number of benzene rings is 1. The summed E-state index contributed by atoms with van der Waals surface area (Å²) in [6.07, 6.45) is 1.10. The average Bonchev–Trinajstić information content (AvgIpc) is 3.10. The predicted molar refractivity (Wildman–Crippen MR) is 103 cm³/mol. The van der Waals surface area contributed by atoms with Crippen LogP contribution in [0.15, 0.2) is 35.7 Å². The summed E-state index contributed by atoms with van der Waals surface area (Å²) < 4.78 is 11.2. The van der Waals surface area contributed by atoms with E-state index in [9.17, 15) is 4.79 Å². The zero-order chi connectivity index (χ0) is 16.9. The molecule has 2 aromatic rings. The molecule has 136 valence electrons. The summed E-state index contributed by atoms with van der Waals surface area (Å²) in [5.41, 5.74) is 6.62. The number of carbonyl (C=O) groups excluding carboxylic acids is 1. The molecule has 0 fully saturated rings. The van der Waals surface area contributed by atoms with E-state index in [1.54, 1.807) is 16.2 Å². The second-order valence-electron chi connectivity index (χ2n) is 5.90. The van der Waals surface area contributed by atoms with Gasteiger partial charge in [0, 0.05) is 29.1 Å². The Kier molecular flexibility index (Phi) is 7.11. The lowest BCUT2D eigenvalue weighted by Crippen LogP contribution is -2.31. The molecule has 7 heteroatoms. The molecule has 1 unspecified atom stereocenters. The first-order valence-corrected chi connectivity index (χ1v) is 8.99. The second-order valence-corrected chi connectivity index (χ2v) is 6.94. The van der Waals surface area contributed by atoms with Gasteiger partial charge in [0.1, 0.15) is 13.2 Å². The smallest absolute Gasteiger partial charge is 0.227 e. The quantitative estimate of drug-likeness (QED) is 0.828. The van der Waals surface area contributed by atoms with Gasteiger partial charge in [-0.3, -0.25) is 4.79 Å². The van der Waals surface area contributed by atoms with Gasteiger partial charge >= 0.3 is 0 Å². The van der Waals surface area contributed by atoms with Crippen LogP contribution in [0.25, 0.3) is 0 Å². The van der Waals surface area contributed by atoms with E-state index in [4.69, 9.17) is 15.2 Å². The largest absolute Gasteiger partial charge is 0.486 e. The molecule has 0 aliphatic carbocycles. The van der Waals surface area contributed by atoms with Crippen molar-refractivity contribution >= 4 is 35.3 Å². The molecule has 0 bridgehead atoms. The number of hydrogen-bond donors (Lipinski definition) is 1. The van der Waals surface area contributed by atoms with Gasteiger partial charge in [-0.15, -0.1) is 23.7 Å². The number of carbonyl (C=O) groups is 1. The van der Waals surface area contributed by atoms with Crippen LogP contribution in [0.4, 0.5) is 5.69 Å². The van der Waals surface area contributed by atoms with Gasteiger partial charge in [0.15, 0.2) is 11.5 Å². The molecule has 1 atom stereocenters. The summed E-state index contributed by atoms with van der Waals surface area (Å²) in [5, 5.41) is 2.02. The summed E-state index contributed by atoms with van der Waals surface area (Å²) >= 11 is 1.64. The standard InChI is InChI=1S/C18H22N2O3S.ClH/c1-13(19)4-7-18(21)20(12-15-3-2-10-24-15)14-5-6-16-17(11-14)23-9-8-22-16;/h2-3,5-6,10-11,13H,4,7-9,12,19H2,1H3;1H. The third kappa shape index (κ3) is 5.11. The zero-order valence-corrected chi connectivity index (χ0v) is 15.8. The first-order valence-electron chi connectivity index (χ1n) is 8.11. The summed E-state index contributed by atoms with van der Waals surface area (Å²) in [4.78, 5) is 15.7. The van der Waals surface area contributed by atoms with E-state index in [0.29, 0.717) is 38.3 Å². The SMILES string of the molecule is CC(N)CCC(=O)N(Cc1cccs1)c1ccc2c(c1)OCCO2.Cl. The fraction of sp³-hybridized carbons (Fsp3) is 0.389. The summed E-state index contributed by atoms with van der Waals surface area (Å²) in [6, 6.07) is 9.70. The number of fused-ring (bicyclic) bond motifs is 1. The van der Waals surface area contributed by atoms with Crippen LogP contribution in [0, 0.1) is 0 Å². The normalized spacial score (nSPS) is 13.7. The molecule has 3 rings (SSSR count). The molecule has 1 aromatic heterocycles. The number of hydrogen-bond acceptors (Lipinski definition) is 5. The van der Waals surface area contributed by atoms with Crippen molar-refractivity contribution in [2.75, 3.05) is 18.1 Å². The number of thiophene rings is 1. The van der Waals surface area contributed by atoms with Crippen LogP contribution in [0.2, 0.25) is 0 Å². The Morgan fingerprint density at radius 3 is 2.72 bits per heavy atom. The van der Waals surface area contributed by atoms with Gasteiger partial charge in [0.05, 0.1) is 6.54 Å². The van der Waals surface area contributed by atoms with Gasteiger partial charge in [0.25, 0.3) is 0 Å². The molecule has 0 radical (unpaired) electrons. The number of ether oxygens (including phenoxy) is 2. The monoisotopic (exact) mass is 382 g/mol. The summed E-state index contributed by atoms with van der Waals surface area (Å²) in [5.74, 6) is 1.48. The molecule has 1 amide bonds. The maximum absolute atomic E-state index is 12.7. The van der Waals surface area contributed by atoms with Crippen LogP contribution in [-0.4, -0.2) is 25.2 Å². The van der Waals surface area contributed by atoms with Crippen LogP contribution < -0.4 is 20.1 Å². The van der Waals surface area contributed by atoms with Crippen molar-refractivity contribution in [3.05, 3.63) is 40.6 Å². The van der Waals surface area contributed by atoms with Gasteiger partial charge in [0.2, 0.25) is 5.91 Å². The van der Waals surface area contributed by atoms with E-state index >= 15 is 0 Å². The van der Waals surface area contributed by atoms with E-state index in [2.05, 4.69) is 0 Å². The van der Waals surface area contributed by atoms with Crippen LogP contribution in [0.1, 0.15) is 24.6 Å². The van der Waals surface area contributed by atoms with Crippen molar-refractivity contribution in [1.29, 1.82) is 0 Å². The number of amides is 1. The van der Waals surface area contributed by atoms with Crippen molar-refractivity contribution in [3.8, 4) is 11.5 Å². The first-order chi connectivity index (χ1) is 11.6. The minimum Gasteiger partial charge on any atom is -0.486 e. The number of halogens is 1. The Hall–Kier alpha value is -1.76. The molecular formula is C18H23ClN2O3S. The van der Waals surface area contributed by atoms with Crippen LogP contribution in [-0.2, 0) is 11.3 Å². The highest BCUT2D eigenvalue weighted by Crippen LogP contribution is 2.35.